The van der Waals surface area contributed by atoms with Crippen molar-refractivity contribution in [1.82, 2.24) is 5.16 Å². The summed E-state index contributed by atoms with van der Waals surface area (Å²) in [4.78, 5) is 12.4. The van der Waals surface area contributed by atoms with Gasteiger partial charge >= 0.3 is 0 Å². The predicted octanol–water partition coefficient (Wildman–Crippen LogP) is 3.13. The number of thiophene rings is 1. The molecule has 2 aromatic heterocycles. The summed E-state index contributed by atoms with van der Waals surface area (Å²) in [5.41, 5.74) is 1.99. The van der Waals surface area contributed by atoms with Crippen LogP contribution < -0.4 is 5.32 Å². The second-order valence-electron chi connectivity index (χ2n) is 3.85. The Hall–Kier alpha value is -1.33. The third-order valence-electron chi connectivity index (χ3n) is 2.73. The second kappa shape index (κ2) is 4.16. The molecular formula is C11H9ClN2O2S. The van der Waals surface area contributed by atoms with Crippen molar-refractivity contribution in [3.63, 3.8) is 0 Å². The van der Waals surface area contributed by atoms with Gasteiger partial charge in [0, 0.05) is 5.56 Å². The number of nitrogens with zero attached hydrogens (tertiary/aromatic N) is 1. The number of carbonyl (C=O) groups excluding carboxylic acids is 1. The van der Waals surface area contributed by atoms with Crippen molar-refractivity contribution in [2.75, 3.05) is 5.32 Å². The molecule has 0 bridgehead atoms. The van der Waals surface area contributed by atoms with Crippen LogP contribution in [0, 0.1) is 0 Å². The minimum absolute atomic E-state index is 0.201. The number of carbonyl (C=O) groups is 1. The zero-order chi connectivity index (χ0) is 11.8. The Kier molecular flexibility index (Phi) is 2.64. The standard InChI is InChI=1S/C11H9ClN2O2S/c12-9-5-4-8(17-9)10(15)13-11-6-2-1-3-7(6)14-16-11/h4-5H,1-3H2,(H,13,15). The molecule has 0 spiro atoms. The fourth-order valence-corrected chi connectivity index (χ4v) is 2.87. The van der Waals surface area contributed by atoms with E-state index in [0.29, 0.717) is 15.1 Å². The lowest BCUT2D eigenvalue weighted by atomic mass is 10.2. The Balaban J connectivity index is 1.81. The molecule has 2 aromatic rings. The van der Waals surface area contributed by atoms with Gasteiger partial charge in [0.1, 0.15) is 0 Å². The summed E-state index contributed by atoms with van der Waals surface area (Å²) in [7, 11) is 0. The Morgan fingerprint density at radius 2 is 2.35 bits per heavy atom. The predicted molar refractivity (Wildman–Crippen MR) is 65.8 cm³/mol. The lowest BCUT2D eigenvalue weighted by molar-refractivity contribution is 0.102. The highest BCUT2D eigenvalue weighted by atomic mass is 35.5. The molecule has 1 amide bonds. The van der Waals surface area contributed by atoms with Gasteiger partial charge in [0.2, 0.25) is 5.88 Å². The molecule has 0 atom stereocenters. The number of amides is 1. The van der Waals surface area contributed by atoms with Gasteiger partial charge in [0.05, 0.1) is 14.9 Å². The van der Waals surface area contributed by atoms with Crippen molar-refractivity contribution in [2.24, 2.45) is 0 Å². The molecule has 4 nitrogen and oxygen atoms in total. The minimum atomic E-state index is -0.201. The molecule has 0 radical (unpaired) electrons. The van der Waals surface area contributed by atoms with Crippen LogP contribution in [-0.4, -0.2) is 11.1 Å². The third-order valence-corrected chi connectivity index (χ3v) is 3.96. The molecule has 0 saturated heterocycles. The van der Waals surface area contributed by atoms with E-state index >= 15 is 0 Å². The van der Waals surface area contributed by atoms with Crippen molar-refractivity contribution >= 4 is 34.7 Å². The highest BCUT2D eigenvalue weighted by Gasteiger charge is 2.22. The van der Waals surface area contributed by atoms with Crippen LogP contribution in [0.4, 0.5) is 5.88 Å². The number of aromatic nitrogens is 1. The molecular weight excluding hydrogens is 260 g/mol. The Labute approximate surface area is 107 Å². The van der Waals surface area contributed by atoms with Gasteiger partial charge in [-0.1, -0.05) is 16.8 Å². The Morgan fingerprint density at radius 3 is 3.12 bits per heavy atom. The maximum atomic E-state index is 11.9. The average Bonchev–Trinajstić information content (AvgIpc) is 2.96. The van der Waals surface area contributed by atoms with Crippen LogP contribution in [-0.2, 0) is 12.8 Å². The summed E-state index contributed by atoms with van der Waals surface area (Å²) >= 11 is 7.03. The van der Waals surface area contributed by atoms with Crippen molar-refractivity contribution in [3.8, 4) is 0 Å². The number of rotatable bonds is 2. The van der Waals surface area contributed by atoms with Crippen molar-refractivity contribution in [3.05, 3.63) is 32.6 Å². The normalized spacial score (nSPS) is 13.7. The molecule has 1 aliphatic carbocycles. The number of anilines is 1. The van der Waals surface area contributed by atoms with E-state index in [4.69, 9.17) is 16.1 Å². The first-order valence-corrected chi connectivity index (χ1v) is 6.47. The summed E-state index contributed by atoms with van der Waals surface area (Å²) in [6.07, 6.45) is 2.92. The number of fused-ring (bicyclic) bond motifs is 1. The van der Waals surface area contributed by atoms with Crippen LogP contribution in [0.15, 0.2) is 16.7 Å². The Bertz CT molecular complexity index is 576. The number of aryl methyl sites for hydroxylation is 1. The van der Waals surface area contributed by atoms with E-state index in [1.807, 2.05) is 0 Å². The number of hydrogen-bond acceptors (Lipinski definition) is 4. The van der Waals surface area contributed by atoms with Gasteiger partial charge in [0.15, 0.2) is 0 Å². The molecule has 2 heterocycles. The van der Waals surface area contributed by atoms with E-state index in [0.717, 1.165) is 30.5 Å². The molecule has 17 heavy (non-hydrogen) atoms. The fourth-order valence-electron chi connectivity index (χ4n) is 1.93. The van der Waals surface area contributed by atoms with Crippen LogP contribution in [0.5, 0.6) is 0 Å². The Morgan fingerprint density at radius 1 is 1.47 bits per heavy atom. The minimum Gasteiger partial charge on any atom is -0.338 e. The van der Waals surface area contributed by atoms with E-state index < -0.39 is 0 Å². The van der Waals surface area contributed by atoms with E-state index in [2.05, 4.69) is 10.5 Å². The van der Waals surface area contributed by atoms with E-state index in [1.165, 1.54) is 11.3 Å². The maximum absolute atomic E-state index is 11.9. The molecule has 0 fully saturated rings. The lowest BCUT2D eigenvalue weighted by Crippen LogP contribution is -2.10. The molecule has 1 aliphatic rings. The van der Waals surface area contributed by atoms with E-state index in [-0.39, 0.29) is 5.91 Å². The van der Waals surface area contributed by atoms with Crippen LogP contribution in [0.25, 0.3) is 0 Å². The van der Waals surface area contributed by atoms with Crippen molar-refractivity contribution < 1.29 is 9.32 Å². The lowest BCUT2D eigenvalue weighted by Gasteiger charge is -1.99. The van der Waals surface area contributed by atoms with Crippen LogP contribution in [0.1, 0.15) is 27.3 Å². The fraction of sp³-hybridized carbons (Fsp3) is 0.273. The maximum Gasteiger partial charge on any atom is 0.268 e. The van der Waals surface area contributed by atoms with Crippen LogP contribution in [0.3, 0.4) is 0 Å². The van der Waals surface area contributed by atoms with E-state index in [1.54, 1.807) is 12.1 Å². The van der Waals surface area contributed by atoms with Gasteiger partial charge in [-0.15, -0.1) is 11.3 Å². The molecule has 0 saturated carbocycles. The molecule has 1 N–H and O–H groups in total. The summed E-state index contributed by atoms with van der Waals surface area (Å²) in [5, 5.41) is 6.67. The van der Waals surface area contributed by atoms with Crippen molar-refractivity contribution in [2.45, 2.75) is 19.3 Å². The number of nitrogens with one attached hydrogen (secondary N) is 1. The average molecular weight is 269 g/mol. The largest absolute Gasteiger partial charge is 0.338 e. The number of hydrogen-bond donors (Lipinski definition) is 1. The molecule has 0 aliphatic heterocycles. The topological polar surface area (TPSA) is 55.1 Å². The molecule has 0 unspecified atom stereocenters. The van der Waals surface area contributed by atoms with Gasteiger partial charge in [-0.3, -0.25) is 10.1 Å². The summed E-state index contributed by atoms with van der Waals surface area (Å²) in [6, 6.07) is 3.39. The molecule has 3 rings (SSSR count). The summed E-state index contributed by atoms with van der Waals surface area (Å²) < 4.78 is 5.72. The van der Waals surface area contributed by atoms with Gasteiger partial charge in [0.25, 0.3) is 5.91 Å². The van der Waals surface area contributed by atoms with Gasteiger partial charge in [-0.25, -0.2) is 0 Å². The zero-order valence-electron chi connectivity index (χ0n) is 8.83. The molecule has 0 aromatic carbocycles. The van der Waals surface area contributed by atoms with E-state index in [9.17, 15) is 4.79 Å². The van der Waals surface area contributed by atoms with Crippen LogP contribution in [0.2, 0.25) is 4.34 Å². The van der Waals surface area contributed by atoms with Gasteiger partial charge in [-0.2, -0.15) is 0 Å². The first-order valence-electron chi connectivity index (χ1n) is 5.28. The molecule has 6 heteroatoms. The number of halogens is 1. The van der Waals surface area contributed by atoms with Gasteiger partial charge in [-0.05, 0) is 31.4 Å². The van der Waals surface area contributed by atoms with Crippen LogP contribution >= 0.6 is 22.9 Å². The van der Waals surface area contributed by atoms with Crippen molar-refractivity contribution in [1.29, 1.82) is 0 Å². The monoisotopic (exact) mass is 268 g/mol. The summed E-state index contributed by atoms with van der Waals surface area (Å²) in [5.74, 6) is 0.278. The first-order chi connectivity index (χ1) is 8.24. The molecule has 88 valence electrons. The quantitative estimate of drug-likeness (QED) is 0.910. The smallest absolute Gasteiger partial charge is 0.268 e. The second-order valence-corrected chi connectivity index (χ2v) is 5.56. The summed E-state index contributed by atoms with van der Waals surface area (Å²) in [6.45, 7) is 0. The first kappa shape index (κ1) is 10.8. The highest BCUT2D eigenvalue weighted by molar-refractivity contribution is 7.18. The van der Waals surface area contributed by atoms with Gasteiger partial charge < -0.3 is 4.52 Å². The highest BCUT2D eigenvalue weighted by Crippen LogP contribution is 2.29. The SMILES string of the molecule is O=C(Nc1onc2c1CCC2)c1ccc(Cl)s1. The third kappa shape index (κ3) is 1.96. The zero-order valence-corrected chi connectivity index (χ0v) is 10.4.